The molecule has 1 aliphatic heterocycles. The second kappa shape index (κ2) is 6.93. The molecule has 4 nitrogen and oxygen atoms in total. The summed E-state index contributed by atoms with van der Waals surface area (Å²) in [6.45, 7) is 2.01. The number of benzene rings is 1. The smallest absolute Gasteiger partial charge is 0.327 e. The van der Waals surface area contributed by atoms with Crippen LogP contribution in [0.4, 0.5) is 4.39 Å². The highest BCUT2D eigenvalue weighted by atomic mass is 32.2. The zero-order chi connectivity index (χ0) is 15.4. The third kappa shape index (κ3) is 3.75. The van der Waals surface area contributed by atoms with Crippen molar-refractivity contribution in [3.63, 3.8) is 0 Å². The van der Waals surface area contributed by atoms with Crippen molar-refractivity contribution in [2.24, 2.45) is 0 Å². The largest absolute Gasteiger partial charge is 0.480 e. The zero-order valence-corrected chi connectivity index (χ0v) is 12.6. The lowest BCUT2D eigenvalue weighted by atomic mass is 10.1. The van der Waals surface area contributed by atoms with Gasteiger partial charge in [-0.15, -0.1) is 11.8 Å². The van der Waals surface area contributed by atoms with E-state index < -0.39 is 12.0 Å². The predicted octanol–water partition coefficient (Wildman–Crippen LogP) is 2.52. The first-order valence-corrected chi connectivity index (χ1v) is 7.97. The molecular weight excluding hydrogens is 293 g/mol. The summed E-state index contributed by atoms with van der Waals surface area (Å²) in [7, 11) is 0. The molecule has 2 rings (SSSR count). The number of thioether (sulfide) groups is 1. The van der Waals surface area contributed by atoms with Gasteiger partial charge in [-0.2, -0.15) is 0 Å². The SMILES string of the molecule is CCCC1SCC(C(=O)O)N1C(=O)Cc1ccc(F)cc1. The molecule has 21 heavy (non-hydrogen) atoms. The van der Waals surface area contributed by atoms with Crippen molar-refractivity contribution in [3.8, 4) is 0 Å². The van der Waals surface area contributed by atoms with Gasteiger partial charge in [0.1, 0.15) is 11.9 Å². The lowest BCUT2D eigenvalue weighted by molar-refractivity contribution is -0.148. The van der Waals surface area contributed by atoms with Gasteiger partial charge in [0, 0.05) is 5.75 Å². The number of nitrogens with zero attached hydrogens (tertiary/aromatic N) is 1. The Bertz CT molecular complexity index is 520. The van der Waals surface area contributed by atoms with E-state index in [2.05, 4.69) is 0 Å². The van der Waals surface area contributed by atoms with Crippen LogP contribution in [0.5, 0.6) is 0 Å². The molecule has 1 fully saturated rings. The maximum atomic E-state index is 12.9. The second-order valence-electron chi connectivity index (χ2n) is 5.03. The lowest BCUT2D eigenvalue weighted by Gasteiger charge is -2.27. The summed E-state index contributed by atoms with van der Waals surface area (Å²) >= 11 is 1.52. The van der Waals surface area contributed by atoms with E-state index in [1.165, 1.54) is 28.8 Å². The van der Waals surface area contributed by atoms with Crippen molar-refractivity contribution in [2.45, 2.75) is 37.6 Å². The van der Waals surface area contributed by atoms with Crippen LogP contribution in [0.1, 0.15) is 25.3 Å². The highest BCUT2D eigenvalue weighted by molar-refractivity contribution is 8.00. The van der Waals surface area contributed by atoms with Gasteiger partial charge in [0.2, 0.25) is 5.91 Å². The fourth-order valence-electron chi connectivity index (χ4n) is 2.43. The van der Waals surface area contributed by atoms with Crippen molar-refractivity contribution in [3.05, 3.63) is 35.6 Å². The monoisotopic (exact) mass is 311 g/mol. The Morgan fingerprint density at radius 1 is 1.38 bits per heavy atom. The van der Waals surface area contributed by atoms with Crippen LogP contribution < -0.4 is 0 Å². The van der Waals surface area contributed by atoms with Gasteiger partial charge in [-0.25, -0.2) is 9.18 Å². The van der Waals surface area contributed by atoms with Crippen molar-refractivity contribution >= 4 is 23.6 Å². The highest BCUT2D eigenvalue weighted by Gasteiger charge is 2.40. The van der Waals surface area contributed by atoms with Gasteiger partial charge in [0.05, 0.1) is 11.8 Å². The van der Waals surface area contributed by atoms with E-state index in [-0.39, 0.29) is 23.5 Å². The molecule has 114 valence electrons. The molecule has 0 aromatic heterocycles. The van der Waals surface area contributed by atoms with Crippen LogP contribution in [0.3, 0.4) is 0 Å². The molecule has 1 amide bonds. The zero-order valence-electron chi connectivity index (χ0n) is 11.8. The summed E-state index contributed by atoms with van der Waals surface area (Å²) in [6, 6.07) is 4.96. The number of carboxylic acid groups (broad SMARTS) is 1. The molecule has 0 saturated carbocycles. The number of aliphatic carboxylic acids is 1. The number of carbonyl (C=O) groups is 2. The van der Waals surface area contributed by atoms with Gasteiger partial charge in [-0.1, -0.05) is 25.5 Å². The Morgan fingerprint density at radius 2 is 2.05 bits per heavy atom. The molecule has 0 spiro atoms. The van der Waals surface area contributed by atoms with Crippen molar-refractivity contribution in [1.82, 2.24) is 4.90 Å². The molecule has 1 saturated heterocycles. The Hall–Kier alpha value is -1.56. The van der Waals surface area contributed by atoms with Crippen molar-refractivity contribution in [1.29, 1.82) is 0 Å². The molecule has 2 atom stereocenters. The third-order valence-corrected chi connectivity index (χ3v) is 4.83. The number of carboxylic acids is 1. The molecule has 0 radical (unpaired) electrons. The number of amides is 1. The van der Waals surface area contributed by atoms with Crippen molar-refractivity contribution < 1.29 is 19.1 Å². The van der Waals surface area contributed by atoms with Gasteiger partial charge >= 0.3 is 5.97 Å². The van der Waals surface area contributed by atoms with E-state index in [0.29, 0.717) is 11.3 Å². The molecule has 1 aliphatic rings. The van der Waals surface area contributed by atoms with E-state index in [1.54, 1.807) is 12.1 Å². The molecule has 6 heteroatoms. The quantitative estimate of drug-likeness (QED) is 0.908. The molecule has 1 aromatic rings. The van der Waals surface area contributed by atoms with E-state index in [9.17, 15) is 19.1 Å². The van der Waals surface area contributed by atoms with Gasteiger partial charge < -0.3 is 10.0 Å². The average Bonchev–Trinajstić information content (AvgIpc) is 2.86. The molecule has 0 bridgehead atoms. The summed E-state index contributed by atoms with van der Waals surface area (Å²) in [6.07, 6.45) is 1.78. The lowest BCUT2D eigenvalue weighted by Crippen LogP contribution is -2.46. The Balaban J connectivity index is 2.12. The maximum absolute atomic E-state index is 12.9. The summed E-state index contributed by atoms with van der Waals surface area (Å²) in [5, 5.41) is 9.18. The van der Waals surface area contributed by atoms with Gasteiger partial charge in [-0.05, 0) is 24.1 Å². The summed E-state index contributed by atoms with van der Waals surface area (Å²) < 4.78 is 12.9. The first-order valence-electron chi connectivity index (χ1n) is 6.93. The van der Waals surface area contributed by atoms with Gasteiger partial charge in [-0.3, -0.25) is 4.79 Å². The van der Waals surface area contributed by atoms with Crippen LogP contribution in [-0.4, -0.2) is 39.1 Å². The molecule has 1 heterocycles. The van der Waals surface area contributed by atoms with Crippen LogP contribution in [0.15, 0.2) is 24.3 Å². The van der Waals surface area contributed by atoms with Crippen LogP contribution >= 0.6 is 11.8 Å². The molecule has 1 N–H and O–H groups in total. The summed E-state index contributed by atoms with van der Waals surface area (Å²) in [5.74, 6) is -1.10. The second-order valence-corrected chi connectivity index (χ2v) is 6.25. The topological polar surface area (TPSA) is 57.6 Å². The van der Waals surface area contributed by atoms with E-state index >= 15 is 0 Å². The first kappa shape index (κ1) is 15.8. The van der Waals surface area contributed by atoms with Crippen molar-refractivity contribution in [2.75, 3.05) is 5.75 Å². The molecular formula is C15H18FNO3S. The minimum atomic E-state index is -0.964. The molecule has 2 unspecified atom stereocenters. The minimum Gasteiger partial charge on any atom is -0.480 e. The standard InChI is InChI=1S/C15H18FNO3S/c1-2-3-14-17(12(9-21-14)15(19)20)13(18)8-10-4-6-11(16)7-5-10/h4-7,12,14H,2-3,8-9H2,1H3,(H,19,20). The fraction of sp³-hybridized carbons (Fsp3) is 0.467. The number of hydrogen-bond donors (Lipinski definition) is 1. The van der Waals surface area contributed by atoms with Crippen LogP contribution in [-0.2, 0) is 16.0 Å². The molecule has 0 aliphatic carbocycles. The summed E-state index contributed by atoms with van der Waals surface area (Å²) in [5.41, 5.74) is 0.692. The van der Waals surface area contributed by atoms with Gasteiger partial charge in [0.15, 0.2) is 0 Å². The Kier molecular flexibility index (Phi) is 5.22. The van der Waals surface area contributed by atoms with E-state index in [0.717, 1.165) is 12.8 Å². The van der Waals surface area contributed by atoms with Crippen LogP contribution in [0, 0.1) is 5.82 Å². The van der Waals surface area contributed by atoms with Gasteiger partial charge in [0.25, 0.3) is 0 Å². The minimum absolute atomic E-state index is 0.0796. The number of hydrogen-bond acceptors (Lipinski definition) is 3. The number of halogens is 1. The number of rotatable bonds is 5. The number of carbonyl (C=O) groups excluding carboxylic acids is 1. The first-order chi connectivity index (χ1) is 10.0. The normalized spacial score (nSPS) is 21.5. The average molecular weight is 311 g/mol. The Morgan fingerprint density at radius 3 is 2.62 bits per heavy atom. The van der Waals surface area contributed by atoms with E-state index in [4.69, 9.17) is 0 Å². The Labute approximate surface area is 127 Å². The van der Waals surface area contributed by atoms with Crippen LogP contribution in [0.25, 0.3) is 0 Å². The summed E-state index contributed by atoms with van der Waals surface area (Å²) in [4.78, 5) is 25.2. The third-order valence-electron chi connectivity index (χ3n) is 3.47. The van der Waals surface area contributed by atoms with Crippen LogP contribution in [0.2, 0.25) is 0 Å². The maximum Gasteiger partial charge on any atom is 0.327 e. The fourth-order valence-corrected chi connectivity index (χ4v) is 3.96. The predicted molar refractivity (Wildman–Crippen MR) is 79.5 cm³/mol. The molecule has 1 aromatic carbocycles. The highest BCUT2D eigenvalue weighted by Crippen LogP contribution is 2.32. The van der Waals surface area contributed by atoms with E-state index in [1.807, 2.05) is 6.92 Å².